The quantitative estimate of drug-likeness (QED) is 0.754. The molecule has 0 saturated heterocycles. The Labute approximate surface area is 140 Å². The van der Waals surface area contributed by atoms with Gasteiger partial charge in [-0.1, -0.05) is 36.4 Å². The molecule has 3 aromatic rings. The number of benzene rings is 1. The second-order valence-electron chi connectivity index (χ2n) is 5.56. The molecule has 5 heteroatoms. The molecular formula is C19H19N3O2. The zero-order chi connectivity index (χ0) is 16.8. The number of nitrogens with one attached hydrogen (secondary N) is 1. The first-order valence-electron chi connectivity index (χ1n) is 7.92. The predicted octanol–water partition coefficient (Wildman–Crippen LogP) is 3.55. The van der Waals surface area contributed by atoms with E-state index in [4.69, 9.17) is 4.42 Å². The number of carbonyl (C=O) groups is 1. The second kappa shape index (κ2) is 7.55. The Bertz CT molecular complexity index is 785. The summed E-state index contributed by atoms with van der Waals surface area (Å²) in [5, 5.41) is 2.96. The molecule has 0 aliphatic rings. The van der Waals surface area contributed by atoms with E-state index in [0.29, 0.717) is 18.7 Å². The third-order valence-corrected chi connectivity index (χ3v) is 3.74. The molecule has 0 spiro atoms. The van der Waals surface area contributed by atoms with Gasteiger partial charge < -0.3 is 9.73 Å². The van der Waals surface area contributed by atoms with Crippen molar-refractivity contribution in [2.45, 2.75) is 25.8 Å². The van der Waals surface area contributed by atoms with Crippen molar-refractivity contribution in [3.8, 4) is 11.3 Å². The lowest BCUT2D eigenvalue weighted by Gasteiger charge is -2.13. The molecule has 1 amide bonds. The van der Waals surface area contributed by atoms with Gasteiger partial charge in [-0.2, -0.15) is 0 Å². The monoisotopic (exact) mass is 321 g/mol. The number of oxazole rings is 1. The lowest BCUT2D eigenvalue weighted by Crippen LogP contribution is -2.26. The van der Waals surface area contributed by atoms with Crippen LogP contribution in [0.2, 0.25) is 0 Å². The number of aryl methyl sites for hydroxylation is 1. The number of hydrogen-bond donors (Lipinski definition) is 1. The SMILES string of the molecule is CC(NC(=O)CCc1ncc(-c2ccccc2)o1)c1cccnc1. The summed E-state index contributed by atoms with van der Waals surface area (Å²) in [5.74, 6) is 1.25. The topological polar surface area (TPSA) is 68.0 Å². The fourth-order valence-corrected chi connectivity index (χ4v) is 2.41. The Morgan fingerprint density at radius 1 is 1.17 bits per heavy atom. The Kier molecular flexibility index (Phi) is 5.01. The molecule has 2 heterocycles. The third kappa shape index (κ3) is 4.07. The number of carbonyl (C=O) groups excluding carboxylic acids is 1. The molecule has 122 valence electrons. The first-order valence-corrected chi connectivity index (χ1v) is 7.92. The molecule has 5 nitrogen and oxygen atoms in total. The standard InChI is InChI=1S/C19H19N3O2/c1-14(16-8-5-11-20-12-16)22-18(23)9-10-19-21-13-17(24-19)15-6-3-2-4-7-15/h2-8,11-14H,9-10H2,1H3,(H,22,23). The summed E-state index contributed by atoms with van der Waals surface area (Å²) in [6, 6.07) is 13.5. The second-order valence-corrected chi connectivity index (χ2v) is 5.56. The zero-order valence-electron chi connectivity index (χ0n) is 13.5. The molecule has 24 heavy (non-hydrogen) atoms. The molecule has 0 aliphatic heterocycles. The smallest absolute Gasteiger partial charge is 0.220 e. The maximum absolute atomic E-state index is 12.1. The van der Waals surface area contributed by atoms with Crippen molar-refractivity contribution in [2.24, 2.45) is 0 Å². The van der Waals surface area contributed by atoms with Gasteiger partial charge in [0.2, 0.25) is 5.91 Å². The van der Waals surface area contributed by atoms with Crippen LogP contribution in [0.4, 0.5) is 0 Å². The number of hydrogen-bond acceptors (Lipinski definition) is 4. The van der Waals surface area contributed by atoms with E-state index in [2.05, 4.69) is 15.3 Å². The number of amides is 1. The average Bonchev–Trinajstić information content (AvgIpc) is 3.10. The normalized spacial score (nSPS) is 11.9. The zero-order valence-corrected chi connectivity index (χ0v) is 13.5. The van der Waals surface area contributed by atoms with Crippen LogP contribution < -0.4 is 5.32 Å². The van der Waals surface area contributed by atoms with Gasteiger partial charge in [-0.25, -0.2) is 4.98 Å². The number of nitrogens with zero attached hydrogens (tertiary/aromatic N) is 2. The minimum atomic E-state index is -0.0735. The molecule has 0 aliphatic carbocycles. The van der Waals surface area contributed by atoms with Crippen LogP contribution >= 0.6 is 0 Å². The lowest BCUT2D eigenvalue weighted by molar-refractivity contribution is -0.121. The average molecular weight is 321 g/mol. The maximum atomic E-state index is 12.1. The molecular weight excluding hydrogens is 302 g/mol. The van der Waals surface area contributed by atoms with E-state index < -0.39 is 0 Å². The van der Waals surface area contributed by atoms with Crippen LogP contribution in [0.15, 0.2) is 65.5 Å². The molecule has 0 saturated carbocycles. The fraction of sp³-hybridized carbons (Fsp3) is 0.211. The third-order valence-electron chi connectivity index (χ3n) is 3.74. The van der Waals surface area contributed by atoms with Crippen molar-refractivity contribution in [1.82, 2.24) is 15.3 Å². The van der Waals surface area contributed by atoms with E-state index in [0.717, 1.165) is 16.9 Å². The summed E-state index contributed by atoms with van der Waals surface area (Å²) in [6.45, 7) is 1.94. The lowest BCUT2D eigenvalue weighted by atomic mass is 10.1. The number of rotatable bonds is 6. The highest BCUT2D eigenvalue weighted by atomic mass is 16.4. The van der Waals surface area contributed by atoms with Crippen molar-refractivity contribution >= 4 is 5.91 Å². The summed E-state index contributed by atoms with van der Waals surface area (Å²) in [6.07, 6.45) is 5.97. The largest absolute Gasteiger partial charge is 0.441 e. The Hall–Kier alpha value is -2.95. The summed E-state index contributed by atoms with van der Waals surface area (Å²) in [7, 11) is 0. The van der Waals surface area contributed by atoms with Gasteiger partial charge >= 0.3 is 0 Å². The maximum Gasteiger partial charge on any atom is 0.220 e. The van der Waals surface area contributed by atoms with Crippen molar-refractivity contribution in [1.29, 1.82) is 0 Å². The van der Waals surface area contributed by atoms with Crippen LogP contribution in [0, 0.1) is 0 Å². The fourth-order valence-electron chi connectivity index (χ4n) is 2.41. The van der Waals surface area contributed by atoms with Crippen molar-refractivity contribution in [3.05, 3.63) is 72.5 Å². The Morgan fingerprint density at radius 3 is 2.75 bits per heavy atom. The van der Waals surface area contributed by atoms with Gasteiger partial charge in [0.1, 0.15) is 0 Å². The molecule has 3 rings (SSSR count). The van der Waals surface area contributed by atoms with Crippen LogP contribution in [0.5, 0.6) is 0 Å². The number of pyridine rings is 1. The van der Waals surface area contributed by atoms with Gasteiger partial charge in [-0.05, 0) is 18.6 Å². The van der Waals surface area contributed by atoms with E-state index >= 15 is 0 Å². The minimum absolute atomic E-state index is 0.0363. The summed E-state index contributed by atoms with van der Waals surface area (Å²) >= 11 is 0. The van der Waals surface area contributed by atoms with Crippen LogP contribution in [-0.2, 0) is 11.2 Å². The van der Waals surface area contributed by atoms with Gasteiger partial charge in [0.15, 0.2) is 11.7 Å². The van der Waals surface area contributed by atoms with E-state index in [1.54, 1.807) is 18.6 Å². The van der Waals surface area contributed by atoms with Gasteiger partial charge in [-0.3, -0.25) is 9.78 Å². The molecule has 1 aromatic carbocycles. The van der Waals surface area contributed by atoms with Crippen LogP contribution in [0.1, 0.15) is 30.8 Å². The van der Waals surface area contributed by atoms with Gasteiger partial charge in [0.25, 0.3) is 0 Å². The molecule has 2 aromatic heterocycles. The first-order chi connectivity index (χ1) is 11.7. The van der Waals surface area contributed by atoms with E-state index in [-0.39, 0.29) is 11.9 Å². The van der Waals surface area contributed by atoms with Gasteiger partial charge in [-0.15, -0.1) is 0 Å². The van der Waals surface area contributed by atoms with E-state index in [9.17, 15) is 4.79 Å². The van der Waals surface area contributed by atoms with Crippen LogP contribution in [0.25, 0.3) is 11.3 Å². The minimum Gasteiger partial charge on any atom is -0.441 e. The summed E-state index contributed by atoms with van der Waals surface area (Å²) in [5.41, 5.74) is 1.96. The van der Waals surface area contributed by atoms with Crippen molar-refractivity contribution in [2.75, 3.05) is 0 Å². The molecule has 0 radical (unpaired) electrons. The molecule has 0 fully saturated rings. The van der Waals surface area contributed by atoms with Crippen molar-refractivity contribution in [3.63, 3.8) is 0 Å². The highest BCUT2D eigenvalue weighted by molar-refractivity contribution is 5.76. The Morgan fingerprint density at radius 2 is 2.00 bits per heavy atom. The molecule has 1 N–H and O–H groups in total. The molecule has 1 atom stereocenters. The highest BCUT2D eigenvalue weighted by Crippen LogP contribution is 2.20. The Balaban J connectivity index is 1.53. The highest BCUT2D eigenvalue weighted by Gasteiger charge is 2.12. The number of aromatic nitrogens is 2. The summed E-state index contributed by atoms with van der Waals surface area (Å²) < 4.78 is 5.71. The van der Waals surface area contributed by atoms with Crippen LogP contribution in [0.3, 0.4) is 0 Å². The molecule has 1 unspecified atom stereocenters. The first kappa shape index (κ1) is 15.9. The summed E-state index contributed by atoms with van der Waals surface area (Å²) in [4.78, 5) is 20.4. The van der Waals surface area contributed by atoms with Gasteiger partial charge in [0.05, 0.1) is 12.2 Å². The van der Waals surface area contributed by atoms with E-state index in [1.807, 2.05) is 49.4 Å². The van der Waals surface area contributed by atoms with E-state index in [1.165, 1.54) is 0 Å². The van der Waals surface area contributed by atoms with Gasteiger partial charge in [0, 0.05) is 30.8 Å². The van der Waals surface area contributed by atoms with Crippen LogP contribution in [-0.4, -0.2) is 15.9 Å². The molecule has 0 bridgehead atoms. The predicted molar refractivity (Wildman–Crippen MR) is 91.1 cm³/mol. The van der Waals surface area contributed by atoms with Crippen molar-refractivity contribution < 1.29 is 9.21 Å².